The molecule has 0 saturated carbocycles. The van der Waals surface area contributed by atoms with E-state index in [2.05, 4.69) is 5.16 Å². The van der Waals surface area contributed by atoms with Crippen molar-refractivity contribution in [1.29, 1.82) is 0 Å². The Balaban J connectivity index is 1.74. The number of fused-ring (bicyclic) bond motifs is 1. The second-order valence-corrected chi connectivity index (χ2v) is 5.83. The number of para-hydroxylation sites is 2. The standard InChI is InChI=1S/C17H19N3O4/c1-11-8-13(18-24-11)9-19(3)16(21)10-20-14-6-4-5-7-15(14)23-12(2)17(20)22/h4-8,12H,9-10H2,1-3H3/t12-/m1/s1. The van der Waals surface area contributed by atoms with Crippen LogP contribution in [-0.4, -0.2) is 41.6 Å². The molecule has 1 aromatic heterocycles. The minimum Gasteiger partial charge on any atom is -0.479 e. The number of anilines is 1. The molecule has 7 heteroatoms. The monoisotopic (exact) mass is 329 g/mol. The maximum absolute atomic E-state index is 12.5. The summed E-state index contributed by atoms with van der Waals surface area (Å²) in [5.74, 6) is 0.879. The summed E-state index contributed by atoms with van der Waals surface area (Å²) >= 11 is 0. The molecule has 0 aliphatic carbocycles. The van der Waals surface area contributed by atoms with E-state index in [-0.39, 0.29) is 18.4 Å². The van der Waals surface area contributed by atoms with Crippen molar-refractivity contribution < 1.29 is 18.8 Å². The maximum atomic E-state index is 12.5. The molecule has 7 nitrogen and oxygen atoms in total. The molecule has 0 N–H and O–H groups in total. The van der Waals surface area contributed by atoms with Gasteiger partial charge in [-0.05, 0) is 26.0 Å². The van der Waals surface area contributed by atoms with Gasteiger partial charge in [0, 0.05) is 13.1 Å². The number of nitrogens with zero attached hydrogens (tertiary/aromatic N) is 3. The number of hydrogen-bond acceptors (Lipinski definition) is 5. The predicted molar refractivity (Wildman–Crippen MR) is 86.6 cm³/mol. The molecular weight excluding hydrogens is 310 g/mol. The van der Waals surface area contributed by atoms with Gasteiger partial charge in [-0.3, -0.25) is 14.5 Å². The van der Waals surface area contributed by atoms with Crippen molar-refractivity contribution in [1.82, 2.24) is 10.1 Å². The number of aromatic nitrogens is 1. The minimum absolute atomic E-state index is 0.0448. The molecule has 3 rings (SSSR count). The van der Waals surface area contributed by atoms with Crippen LogP contribution in [0.3, 0.4) is 0 Å². The molecule has 0 unspecified atom stereocenters. The Kier molecular flexibility index (Phi) is 4.24. The largest absolute Gasteiger partial charge is 0.479 e. The van der Waals surface area contributed by atoms with Gasteiger partial charge in [-0.15, -0.1) is 0 Å². The summed E-state index contributed by atoms with van der Waals surface area (Å²) in [7, 11) is 1.67. The summed E-state index contributed by atoms with van der Waals surface area (Å²) in [6, 6.07) is 8.98. The van der Waals surface area contributed by atoms with E-state index in [0.29, 0.717) is 29.4 Å². The van der Waals surface area contributed by atoms with Crippen LogP contribution in [0.25, 0.3) is 0 Å². The molecule has 2 amide bonds. The minimum atomic E-state index is -0.615. The number of hydrogen-bond donors (Lipinski definition) is 0. The number of likely N-dealkylation sites (N-methyl/N-ethyl adjacent to an activating group) is 1. The molecule has 1 aliphatic heterocycles. The Bertz CT molecular complexity index is 771. The molecule has 0 spiro atoms. The Labute approximate surface area is 139 Å². The third-order valence-electron chi connectivity index (χ3n) is 3.87. The van der Waals surface area contributed by atoms with Crippen LogP contribution in [0.4, 0.5) is 5.69 Å². The quantitative estimate of drug-likeness (QED) is 0.854. The van der Waals surface area contributed by atoms with Crippen molar-refractivity contribution in [2.45, 2.75) is 26.5 Å². The second-order valence-electron chi connectivity index (χ2n) is 5.83. The molecule has 0 saturated heterocycles. The summed E-state index contributed by atoms with van der Waals surface area (Å²) in [5.41, 5.74) is 1.28. The van der Waals surface area contributed by atoms with Crippen molar-refractivity contribution in [2.24, 2.45) is 0 Å². The number of carbonyl (C=O) groups excluding carboxylic acids is 2. The lowest BCUT2D eigenvalue weighted by Gasteiger charge is -2.33. The Morgan fingerprint density at radius 1 is 1.38 bits per heavy atom. The number of aryl methyl sites for hydroxylation is 1. The van der Waals surface area contributed by atoms with Gasteiger partial charge in [-0.2, -0.15) is 0 Å². The van der Waals surface area contributed by atoms with E-state index in [1.807, 2.05) is 12.1 Å². The van der Waals surface area contributed by atoms with Crippen LogP contribution >= 0.6 is 0 Å². The topological polar surface area (TPSA) is 75.9 Å². The van der Waals surface area contributed by atoms with Crippen LogP contribution < -0.4 is 9.64 Å². The molecule has 24 heavy (non-hydrogen) atoms. The van der Waals surface area contributed by atoms with Crippen molar-refractivity contribution in [3.8, 4) is 5.75 Å². The summed E-state index contributed by atoms with van der Waals surface area (Å²) in [6.45, 7) is 3.75. The highest BCUT2D eigenvalue weighted by atomic mass is 16.5. The fourth-order valence-corrected chi connectivity index (χ4v) is 2.60. The number of amides is 2. The van der Waals surface area contributed by atoms with Crippen molar-refractivity contribution in [2.75, 3.05) is 18.5 Å². The van der Waals surface area contributed by atoms with E-state index in [1.165, 1.54) is 9.80 Å². The molecule has 2 aromatic rings. The number of benzene rings is 1. The van der Waals surface area contributed by atoms with Crippen molar-refractivity contribution in [3.63, 3.8) is 0 Å². The van der Waals surface area contributed by atoms with E-state index in [0.717, 1.165) is 0 Å². The first-order valence-electron chi connectivity index (χ1n) is 7.69. The van der Waals surface area contributed by atoms with Gasteiger partial charge in [0.25, 0.3) is 5.91 Å². The molecular formula is C17H19N3O4. The number of rotatable bonds is 4. The summed E-state index contributed by atoms with van der Waals surface area (Å²) in [4.78, 5) is 27.9. The fraction of sp³-hybridized carbons (Fsp3) is 0.353. The van der Waals surface area contributed by atoms with Crippen LogP contribution in [0.1, 0.15) is 18.4 Å². The van der Waals surface area contributed by atoms with Gasteiger partial charge in [0.15, 0.2) is 6.10 Å². The van der Waals surface area contributed by atoms with Gasteiger partial charge in [0.1, 0.15) is 23.7 Å². The third-order valence-corrected chi connectivity index (χ3v) is 3.87. The zero-order chi connectivity index (χ0) is 17.3. The highest BCUT2D eigenvalue weighted by molar-refractivity contribution is 6.03. The van der Waals surface area contributed by atoms with Crippen LogP contribution in [-0.2, 0) is 16.1 Å². The van der Waals surface area contributed by atoms with Gasteiger partial charge >= 0.3 is 0 Å². The summed E-state index contributed by atoms with van der Waals surface area (Å²) < 4.78 is 10.6. The van der Waals surface area contributed by atoms with E-state index in [4.69, 9.17) is 9.26 Å². The predicted octanol–water partition coefficient (Wildman–Crippen LogP) is 1.76. The van der Waals surface area contributed by atoms with E-state index < -0.39 is 6.10 Å². The second kappa shape index (κ2) is 6.35. The average molecular weight is 329 g/mol. The molecule has 2 heterocycles. The molecule has 1 aliphatic rings. The average Bonchev–Trinajstić information content (AvgIpc) is 2.96. The smallest absolute Gasteiger partial charge is 0.268 e. The van der Waals surface area contributed by atoms with Crippen LogP contribution in [0, 0.1) is 6.92 Å². The number of carbonyl (C=O) groups is 2. The zero-order valence-corrected chi connectivity index (χ0v) is 13.9. The lowest BCUT2D eigenvalue weighted by Crippen LogP contribution is -2.48. The van der Waals surface area contributed by atoms with Gasteiger partial charge in [0.2, 0.25) is 5.91 Å². The Morgan fingerprint density at radius 3 is 2.83 bits per heavy atom. The lowest BCUT2D eigenvalue weighted by molar-refractivity contribution is -0.132. The molecule has 0 bridgehead atoms. The highest BCUT2D eigenvalue weighted by Crippen LogP contribution is 2.33. The zero-order valence-electron chi connectivity index (χ0n) is 13.9. The maximum Gasteiger partial charge on any atom is 0.268 e. The van der Waals surface area contributed by atoms with Gasteiger partial charge < -0.3 is 14.2 Å². The van der Waals surface area contributed by atoms with Gasteiger partial charge in [0.05, 0.1) is 12.2 Å². The van der Waals surface area contributed by atoms with E-state index in [1.54, 1.807) is 39.1 Å². The van der Waals surface area contributed by atoms with Crippen LogP contribution in [0.5, 0.6) is 5.75 Å². The lowest BCUT2D eigenvalue weighted by atomic mass is 10.2. The third kappa shape index (κ3) is 3.10. The van der Waals surface area contributed by atoms with Crippen molar-refractivity contribution in [3.05, 3.63) is 41.8 Å². The summed E-state index contributed by atoms with van der Waals surface area (Å²) in [5, 5.41) is 3.88. The first-order valence-corrected chi connectivity index (χ1v) is 7.69. The van der Waals surface area contributed by atoms with Gasteiger partial charge in [-0.25, -0.2) is 0 Å². The van der Waals surface area contributed by atoms with E-state index >= 15 is 0 Å². The fourth-order valence-electron chi connectivity index (χ4n) is 2.60. The summed E-state index contributed by atoms with van der Waals surface area (Å²) in [6.07, 6.45) is -0.615. The number of ether oxygens (including phenoxy) is 1. The Morgan fingerprint density at radius 2 is 2.12 bits per heavy atom. The molecule has 0 fully saturated rings. The molecule has 126 valence electrons. The van der Waals surface area contributed by atoms with Crippen LogP contribution in [0.15, 0.2) is 34.9 Å². The molecule has 1 atom stereocenters. The van der Waals surface area contributed by atoms with E-state index in [9.17, 15) is 9.59 Å². The van der Waals surface area contributed by atoms with Crippen molar-refractivity contribution >= 4 is 17.5 Å². The Hall–Kier alpha value is -2.83. The molecule has 0 radical (unpaired) electrons. The highest BCUT2D eigenvalue weighted by Gasteiger charge is 2.33. The first-order chi connectivity index (χ1) is 11.5. The molecule has 1 aromatic carbocycles. The SMILES string of the molecule is Cc1cc(CN(C)C(=O)CN2C(=O)[C@@H](C)Oc3ccccc32)no1. The van der Waals surface area contributed by atoms with Gasteiger partial charge in [-0.1, -0.05) is 17.3 Å². The first kappa shape index (κ1) is 16.0. The van der Waals surface area contributed by atoms with Crippen LogP contribution in [0.2, 0.25) is 0 Å². The normalized spacial score (nSPS) is 16.5.